The van der Waals surface area contributed by atoms with Gasteiger partial charge in [-0.2, -0.15) is 0 Å². The molecule has 0 aliphatic heterocycles. The van der Waals surface area contributed by atoms with Gasteiger partial charge in [0.2, 0.25) is 5.91 Å². The topological polar surface area (TPSA) is 64.3 Å². The lowest BCUT2D eigenvalue weighted by molar-refractivity contribution is -0.114. The zero-order valence-electron chi connectivity index (χ0n) is 12.6. The molecule has 4 nitrogen and oxygen atoms in total. The van der Waals surface area contributed by atoms with E-state index in [1.165, 1.54) is 12.1 Å². The van der Waals surface area contributed by atoms with Crippen LogP contribution >= 0.6 is 0 Å². The molecule has 0 fully saturated rings. The first kappa shape index (κ1) is 16.1. The molecule has 2 aromatic rings. The second-order valence-electron chi connectivity index (χ2n) is 4.95. The van der Waals surface area contributed by atoms with E-state index in [2.05, 4.69) is 5.32 Å². The fourth-order valence-electron chi connectivity index (χ4n) is 2.08. The number of carbonyl (C=O) groups excluding carboxylic acids is 1. The van der Waals surface area contributed by atoms with Crippen LogP contribution in [0.4, 0.5) is 10.1 Å². The van der Waals surface area contributed by atoms with Gasteiger partial charge >= 0.3 is 0 Å². The molecule has 2 aromatic carbocycles. The second-order valence-corrected chi connectivity index (χ2v) is 4.95. The summed E-state index contributed by atoms with van der Waals surface area (Å²) in [7, 11) is 1.66. The molecule has 0 aliphatic rings. The Morgan fingerprint density at radius 1 is 1.23 bits per heavy atom. The van der Waals surface area contributed by atoms with Crippen molar-refractivity contribution in [3.8, 4) is 11.1 Å². The molecule has 0 radical (unpaired) electrons. The minimum atomic E-state index is -0.492. The number of nitrogens with two attached hydrogens (primary N) is 1. The van der Waals surface area contributed by atoms with Crippen molar-refractivity contribution in [1.29, 1.82) is 0 Å². The van der Waals surface area contributed by atoms with Gasteiger partial charge in [-0.1, -0.05) is 30.3 Å². The van der Waals surface area contributed by atoms with Gasteiger partial charge in [0.25, 0.3) is 0 Å². The van der Waals surface area contributed by atoms with Crippen LogP contribution in [0, 0.1) is 5.82 Å². The molecular formula is C17H19FN2O2. The van der Waals surface area contributed by atoms with Gasteiger partial charge in [0.15, 0.2) is 0 Å². The van der Waals surface area contributed by atoms with Crippen LogP contribution in [0.15, 0.2) is 42.5 Å². The molecule has 22 heavy (non-hydrogen) atoms. The highest BCUT2D eigenvalue weighted by molar-refractivity contribution is 5.92. The first-order chi connectivity index (χ1) is 10.5. The Balaban J connectivity index is 2.22. The van der Waals surface area contributed by atoms with Crippen molar-refractivity contribution in [2.45, 2.75) is 13.0 Å². The molecule has 1 amide bonds. The molecule has 0 heterocycles. The normalized spacial score (nSPS) is 12.0. The molecule has 0 aliphatic carbocycles. The summed E-state index contributed by atoms with van der Waals surface area (Å²) in [6, 6.07) is 12.4. The van der Waals surface area contributed by atoms with E-state index in [1.54, 1.807) is 13.2 Å². The van der Waals surface area contributed by atoms with E-state index >= 15 is 0 Å². The monoisotopic (exact) mass is 302 g/mol. The van der Waals surface area contributed by atoms with E-state index in [0.717, 1.165) is 16.7 Å². The number of rotatable bonds is 5. The lowest BCUT2D eigenvalue weighted by atomic mass is 10.0. The van der Waals surface area contributed by atoms with Gasteiger partial charge in [0, 0.05) is 7.11 Å². The first-order valence-electron chi connectivity index (χ1n) is 6.97. The average molecular weight is 302 g/mol. The molecular weight excluding hydrogens is 283 g/mol. The summed E-state index contributed by atoms with van der Waals surface area (Å²) in [5.74, 6) is -0.918. The quantitative estimate of drug-likeness (QED) is 0.892. The van der Waals surface area contributed by atoms with Crippen molar-refractivity contribution in [2.75, 3.05) is 19.0 Å². The van der Waals surface area contributed by atoms with E-state index < -0.39 is 11.7 Å². The SMILES string of the molecule is CO[C@@H](C)c1ccc(-c2ccc(NC(=O)CN)c(F)c2)cc1. The van der Waals surface area contributed by atoms with Crippen molar-refractivity contribution in [1.82, 2.24) is 0 Å². The molecule has 0 saturated carbocycles. The van der Waals surface area contributed by atoms with Crippen molar-refractivity contribution in [2.24, 2.45) is 5.73 Å². The average Bonchev–Trinajstić information content (AvgIpc) is 2.56. The summed E-state index contributed by atoms with van der Waals surface area (Å²) in [6.07, 6.45) is 0.0136. The van der Waals surface area contributed by atoms with Crippen LogP contribution in [0.3, 0.4) is 0 Å². The van der Waals surface area contributed by atoms with Crippen LogP contribution in [-0.4, -0.2) is 19.6 Å². The number of carbonyl (C=O) groups is 1. The molecule has 0 aromatic heterocycles. The van der Waals surface area contributed by atoms with E-state index in [-0.39, 0.29) is 18.3 Å². The van der Waals surface area contributed by atoms with Crippen molar-refractivity contribution in [3.63, 3.8) is 0 Å². The molecule has 0 spiro atoms. The Hall–Kier alpha value is -2.24. The summed E-state index contributed by atoms with van der Waals surface area (Å²) >= 11 is 0. The van der Waals surface area contributed by atoms with Crippen LogP contribution in [0.25, 0.3) is 11.1 Å². The predicted octanol–water partition coefficient (Wildman–Crippen LogP) is 3.10. The van der Waals surface area contributed by atoms with Crippen molar-refractivity contribution < 1.29 is 13.9 Å². The Labute approximate surface area is 129 Å². The number of halogens is 1. The second kappa shape index (κ2) is 7.15. The Morgan fingerprint density at radius 3 is 2.41 bits per heavy atom. The van der Waals surface area contributed by atoms with Gasteiger partial charge in [-0.3, -0.25) is 4.79 Å². The van der Waals surface area contributed by atoms with Crippen molar-refractivity contribution >= 4 is 11.6 Å². The number of hydrogen-bond donors (Lipinski definition) is 2. The number of anilines is 1. The van der Waals surface area contributed by atoms with Crippen LogP contribution in [0.2, 0.25) is 0 Å². The molecule has 0 unspecified atom stereocenters. The Morgan fingerprint density at radius 2 is 1.86 bits per heavy atom. The Kier molecular flexibility index (Phi) is 5.25. The van der Waals surface area contributed by atoms with E-state index in [9.17, 15) is 9.18 Å². The minimum Gasteiger partial charge on any atom is -0.377 e. The number of nitrogens with one attached hydrogen (secondary N) is 1. The summed E-state index contributed by atoms with van der Waals surface area (Å²) in [4.78, 5) is 11.2. The van der Waals surface area contributed by atoms with Gasteiger partial charge in [-0.25, -0.2) is 4.39 Å². The first-order valence-corrected chi connectivity index (χ1v) is 6.97. The zero-order valence-corrected chi connectivity index (χ0v) is 12.6. The summed E-state index contributed by atoms with van der Waals surface area (Å²) in [6.45, 7) is 1.78. The number of amides is 1. The highest BCUT2D eigenvalue weighted by Crippen LogP contribution is 2.26. The predicted molar refractivity (Wildman–Crippen MR) is 84.9 cm³/mol. The third-order valence-corrected chi connectivity index (χ3v) is 3.50. The fourth-order valence-corrected chi connectivity index (χ4v) is 2.08. The number of ether oxygens (including phenoxy) is 1. The van der Waals surface area contributed by atoms with Crippen molar-refractivity contribution in [3.05, 3.63) is 53.8 Å². The fraction of sp³-hybridized carbons (Fsp3) is 0.235. The molecule has 116 valence electrons. The standard InChI is InChI=1S/C17H19FN2O2/c1-11(22-2)12-3-5-13(6-4-12)14-7-8-16(15(18)9-14)20-17(21)10-19/h3-9,11H,10,19H2,1-2H3,(H,20,21)/t11-/m0/s1. The van der Waals surface area contributed by atoms with E-state index in [1.807, 2.05) is 31.2 Å². The van der Waals surface area contributed by atoms with Gasteiger partial charge in [0.05, 0.1) is 18.3 Å². The largest absolute Gasteiger partial charge is 0.377 e. The van der Waals surface area contributed by atoms with Gasteiger partial charge < -0.3 is 15.8 Å². The third-order valence-electron chi connectivity index (χ3n) is 3.50. The zero-order chi connectivity index (χ0) is 16.1. The van der Waals surface area contributed by atoms with Crippen LogP contribution in [-0.2, 0) is 9.53 Å². The van der Waals surface area contributed by atoms with Gasteiger partial charge in [0.1, 0.15) is 5.82 Å². The lowest BCUT2D eigenvalue weighted by Crippen LogP contribution is -2.22. The molecule has 1 atom stereocenters. The molecule has 5 heteroatoms. The van der Waals surface area contributed by atoms with E-state index in [0.29, 0.717) is 0 Å². The maximum atomic E-state index is 14.0. The van der Waals surface area contributed by atoms with Crippen LogP contribution in [0.1, 0.15) is 18.6 Å². The number of methoxy groups -OCH3 is 1. The molecule has 0 bridgehead atoms. The minimum absolute atomic E-state index is 0.0136. The third kappa shape index (κ3) is 3.69. The summed E-state index contributed by atoms with van der Waals surface area (Å²) < 4.78 is 19.3. The highest BCUT2D eigenvalue weighted by atomic mass is 19.1. The van der Waals surface area contributed by atoms with E-state index in [4.69, 9.17) is 10.5 Å². The maximum Gasteiger partial charge on any atom is 0.238 e. The molecule has 3 N–H and O–H groups in total. The van der Waals surface area contributed by atoms with Gasteiger partial charge in [-0.05, 0) is 35.7 Å². The van der Waals surface area contributed by atoms with Crippen LogP contribution in [0.5, 0.6) is 0 Å². The summed E-state index contributed by atoms with van der Waals surface area (Å²) in [5.41, 5.74) is 8.01. The smallest absolute Gasteiger partial charge is 0.238 e. The Bertz CT molecular complexity index is 656. The summed E-state index contributed by atoms with van der Waals surface area (Å²) in [5, 5.41) is 2.41. The van der Waals surface area contributed by atoms with Crippen LogP contribution < -0.4 is 11.1 Å². The lowest BCUT2D eigenvalue weighted by Gasteiger charge is -2.11. The number of benzene rings is 2. The maximum absolute atomic E-state index is 14.0. The molecule has 0 saturated heterocycles. The highest BCUT2D eigenvalue weighted by Gasteiger charge is 2.09. The molecule has 2 rings (SSSR count). The van der Waals surface area contributed by atoms with Gasteiger partial charge in [-0.15, -0.1) is 0 Å². The number of hydrogen-bond acceptors (Lipinski definition) is 3.